The zero-order valence-corrected chi connectivity index (χ0v) is 11.9. The summed E-state index contributed by atoms with van der Waals surface area (Å²) in [6.07, 6.45) is 0. The summed E-state index contributed by atoms with van der Waals surface area (Å²) < 4.78 is 14.2. The van der Waals surface area contributed by atoms with Gasteiger partial charge in [0.05, 0.1) is 16.3 Å². The number of halogens is 3. The van der Waals surface area contributed by atoms with Crippen LogP contribution < -0.4 is 11.1 Å². The predicted octanol–water partition coefficient (Wildman–Crippen LogP) is 4.08. The third kappa shape index (κ3) is 3.24. The average Bonchev–Trinajstić information content (AvgIpc) is 2.36. The maximum Gasteiger partial charge on any atom is 0.258 e. The van der Waals surface area contributed by atoms with Gasteiger partial charge >= 0.3 is 0 Å². The molecule has 0 aliphatic heterocycles. The standard InChI is InChI=1S/C13H9BrClFN2O/c14-7-1-3-11(16)9(5-7)13(19)18-8-2-4-12(17)10(15)6-8/h1-6H,17H2,(H,18,19). The van der Waals surface area contributed by atoms with Crippen molar-refractivity contribution in [3.8, 4) is 0 Å². The van der Waals surface area contributed by atoms with E-state index >= 15 is 0 Å². The molecule has 0 aliphatic carbocycles. The number of nitrogen functional groups attached to an aromatic ring is 1. The molecule has 3 nitrogen and oxygen atoms in total. The van der Waals surface area contributed by atoms with Crippen molar-refractivity contribution in [2.45, 2.75) is 0 Å². The second-order valence-electron chi connectivity index (χ2n) is 3.81. The molecule has 0 saturated heterocycles. The van der Waals surface area contributed by atoms with Crippen molar-refractivity contribution in [2.75, 3.05) is 11.1 Å². The number of carbonyl (C=O) groups is 1. The van der Waals surface area contributed by atoms with Gasteiger partial charge in [0.2, 0.25) is 0 Å². The number of rotatable bonds is 2. The van der Waals surface area contributed by atoms with Gasteiger partial charge in [-0.2, -0.15) is 0 Å². The molecule has 19 heavy (non-hydrogen) atoms. The van der Waals surface area contributed by atoms with Crippen LogP contribution in [0, 0.1) is 5.82 Å². The summed E-state index contributed by atoms with van der Waals surface area (Å²) in [7, 11) is 0. The van der Waals surface area contributed by atoms with Crippen LogP contribution in [0.15, 0.2) is 40.9 Å². The SMILES string of the molecule is Nc1ccc(NC(=O)c2cc(Br)ccc2F)cc1Cl. The molecule has 0 atom stereocenters. The van der Waals surface area contributed by atoms with Gasteiger partial charge in [0.15, 0.2) is 0 Å². The number of nitrogens with one attached hydrogen (secondary N) is 1. The van der Waals surface area contributed by atoms with E-state index < -0.39 is 11.7 Å². The number of carbonyl (C=O) groups excluding carboxylic acids is 1. The smallest absolute Gasteiger partial charge is 0.258 e. The Bertz CT molecular complexity index is 649. The first-order valence-corrected chi connectivity index (χ1v) is 6.46. The predicted molar refractivity (Wildman–Crippen MR) is 77.9 cm³/mol. The molecule has 2 aromatic rings. The Labute approximate surface area is 122 Å². The zero-order valence-electron chi connectivity index (χ0n) is 9.58. The molecule has 0 heterocycles. The second-order valence-corrected chi connectivity index (χ2v) is 5.14. The molecule has 2 aromatic carbocycles. The minimum atomic E-state index is -0.595. The molecule has 6 heteroatoms. The summed E-state index contributed by atoms with van der Waals surface area (Å²) in [5, 5.41) is 2.88. The van der Waals surface area contributed by atoms with Gasteiger partial charge in [-0.3, -0.25) is 4.79 Å². The maximum atomic E-state index is 13.5. The number of hydrogen-bond donors (Lipinski definition) is 2. The van der Waals surface area contributed by atoms with Crippen LogP contribution >= 0.6 is 27.5 Å². The molecular weight excluding hydrogens is 335 g/mol. The summed E-state index contributed by atoms with van der Waals surface area (Å²) in [6.45, 7) is 0. The Hall–Kier alpha value is -1.59. The topological polar surface area (TPSA) is 55.1 Å². The van der Waals surface area contributed by atoms with E-state index in [1.165, 1.54) is 24.3 Å². The lowest BCUT2D eigenvalue weighted by atomic mass is 10.2. The Morgan fingerprint density at radius 1 is 1.26 bits per heavy atom. The summed E-state index contributed by atoms with van der Waals surface area (Å²) in [5.74, 6) is -1.15. The van der Waals surface area contributed by atoms with Crippen molar-refractivity contribution in [1.29, 1.82) is 0 Å². The first-order valence-electron chi connectivity index (χ1n) is 5.29. The molecule has 0 saturated carbocycles. The molecule has 3 N–H and O–H groups in total. The highest BCUT2D eigenvalue weighted by molar-refractivity contribution is 9.10. The van der Waals surface area contributed by atoms with Gasteiger partial charge in [-0.25, -0.2) is 4.39 Å². The van der Waals surface area contributed by atoms with Crippen LogP contribution in [-0.2, 0) is 0 Å². The fourth-order valence-corrected chi connectivity index (χ4v) is 2.02. The fourth-order valence-electron chi connectivity index (χ4n) is 1.47. The molecule has 0 unspecified atom stereocenters. The Morgan fingerprint density at radius 3 is 2.68 bits per heavy atom. The summed E-state index contributed by atoms with van der Waals surface area (Å²) >= 11 is 9.03. The molecule has 2 rings (SSSR count). The summed E-state index contributed by atoms with van der Waals surface area (Å²) in [5.41, 5.74) is 6.37. The van der Waals surface area contributed by atoms with Gasteiger partial charge < -0.3 is 11.1 Å². The zero-order chi connectivity index (χ0) is 14.0. The van der Waals surface area contributed by atoms with Crippen LogP contribution in [0.25, 0.3) is 0 Å². The number of hydrogen-bond acceptors (Lipinski definition) is 2. The molecular formula is C13H9BrClFN2O. The van der Waals surface area contributed by atoms with Gasteiger partial charge in [-0.05, 0) is 36.4 Å². The Balaban J connectivity index is 2.25. The lowest BCUT2D eigenvalue weighted by Crippen LogP contribution is -2.13. The van der Waals surface area contributed by atoms with Crippen LogP contribution in [0.4, 0.5) is 15.8 Å². The maximum absolute atomic E-state index is 13.5. The van der Waals surface area contributed by atoms with Crippen molar-refractivity contribution in [2.24, 2.45) is 0 Å². The lowest BCUT2D eigenvalue weighted by molar-refractivity contribution is 0.102. The van der Waals surface area contributed by atoms with Gasteiger partial charge in [0, 0.05) is 10.2 Å². The van der Waals surface area contributed by atoms with E-state index in [1.54, 1.807) is 12.1 Å². The van der Waals surface area contributed by atoms with E-state index in [1.807, 2.05) is 0 Å². The highest BCUT2D eigenvalue weighted by atomic mass is 79.9. The number of anilines is 2. The Morgan fingerprint density at radius 2 is 2.00 bits per heavy atom. The van der Waals surface area contributed by atoms with Crippen LogP contribution in [0.2, 0.25) is 5.02 Å². The highest BCUT2D eigenvalue weighted by Crippen LogP contribution is 2.23. The largest absolute Gasteiger partial charge is 0.398 e. The molecule has 0 aromatic heterocycles. The van der Waals surface area contributed by atoms with E-state index in [0.29, 0.717) is 20.9 Å². The quantitative estimate of drug-likeness (QED) is 0.807. The number of amides is 1. The van der Waals surface area contributed by atoms with Crippen molar-refractivity contribution >= 4 is 44.8 Å². The van der Waals surface area contributed by atoms with Crippen LogP contribution in [-0.4, -0.2) is 5.91 Å². The van der Waals surface area contributed by atoms with Gasteiger partial charge in [0.1, 0.15) is 5.82 Å². The van der Waals surface area contributed by atoms with E-state index in [4.69, 9.17) is 17.3 Å². The lowest BCUT2D eigenvalue weighted by Gasteiger charge is -2.08. The Kier molecular flexibility index (Phi) is 4.07. The van der Waals surface area contributed by atoms with Crippen LogP contribution in [0.5, 0.6) is 0 Å². The third-order valence-electron chi connectivity index (χ3n) is 2.43. The molecule has 0 bridgehead atoms. The monoisotopic (exact) mass is 342 g/mol. The number of nitrogens with two attached hydrogens (primary N) is 1. The van der Waals surface area contributed by atoms with E-state index in [0.717, 1.165) is 0 Å². The molecule has 0 spiro atoms. The fraction of sp³-hybridized carbons (Fsp3) is 0. The first-order chi connectivity index (χ1) is 8.97. The number of benzene rings is 2. The van der Waals surface area contributed by atoms with Crippen molar-refractivity contribution in [3.63, 3.8) is 0 Å². The third-order valence-corrected chi connectivity index (χ3v) is 3.25. The normalized spacial score (nSPS) is 10.3. The molecule has 0 radical (unpaired) electrons. The minimum absolute atomic E-state index is 0.0534. The first kappa shape index (κ1) is 13.8. The molecule has 98 valence electrons. The summed E-state index contributed by atoms with van der Waals surface area (Å²) in [4.78, 5) is 11.9. The average molecular weight is 344 g/mol. The highest BCUT2D eigenvalue weighted by Gasteiger charge is 2.12. The summed E-state index contributed by atoms with van der Waals surface area (Å²) in [6, 6.07) is 8.81. The second kappa shape index (κ2) is 5.59. The van der Waals surface area contributed by atoms with E-state index in [2.05, 4.69) is 21.2 Å². The molecule has 0 fully saturated rings. The minimum Gasteiger partial charge on any atom is -0.398 e. The van der Waals surface area contributed by atoms with E-state index in [9.17, 15) is 9.18 Å². The van der Waals surface area contributed by atoms with Gasteiger partial charge in [0.25, 0.3) is 5.91 Å². The van der Waals surface area contributed by atoms with Crippen LogP contribution in [0.3, 0.4) is 0 Å². The molecule has 0 aliphatic rings. The van der Waals surface area contributed by atoms with Crippen molar-refractivity contribution < 1.29 is 9.18 Å². The van der Waals surface area contributed by atoms with Gasteiger partial charge in [-0.15, -0.1) is 0 Å². The van der Waals surface area contributed by atoms with Crippen LogP contribution in [0.1, 0.15) is 10.4 Å². The van der Waals surface area contributed by atoms with Crippen molar-refractivity contribution in [3.05, 3.63) is 57.3 Å². The van der Waals surface area contributed by atoms with Crippen molar-refractivity contribution in [1.82, 2.24) is 0 Å². The molecule has 1 amide bonds. The van der Waals surface area contributed by atoms with E-state index in [-0.39, 0.29) is 5.56 Å². The van der Waals surface area contributed by atoms with Gasteiger partial charge in [-0.1, -0.05) is 27.5 Å².